The lowest BCUT2D eigenvalue weighted by molar-refractivity contribution is -0.0143. The highest BCUT2D eigenvalue weighted by molar-refractivity contribution is 9.10. The zero-order valence-corrected chi connectivity index (χ0v) is 19.0. The van der Waals surface area contributed by atoms with Gasteiger partial charge in [-0.05, 0) is 74.0 Å². The summed E-state index contributed by atoms with van der Waals surface area (Å²) in [5.41, 5.74) is 1.58. The van der Waals surface area contributed by atoms with Crippen molar-refractivity contribution in [3.8, 4) is 11.5 Å². The van der Waals surface area contributed by atoms with Crippen LogP contribution in [0.1, 0.15) is 43.2 Å². The number of benzene rings is 2. The van der Waals surface area contributed by atoms with Crippen LogP contribution in [0.15, 0.2) is 40.9 Å². The molecule has 5 heteroatoms. The van der Waals surface area contributed by atoms with E-state index in [2.05, 4.69) is 21.2 Å². The highest BCUT2D eigenvalue weighted by Gasteiger charge is 2.47. The Morgan fingerprint density at radius 2 is 1.70 bits per heavy atom. The van der Waals surface area contributed by atoms with E-state index in [1.54, 1.807) is 19.2 Å². The smallest absolute Gasteiger partial charge is 0.167 e. The number of ether oxygens (including phenoxy) is 2. The standard InChI is InChI=1S/C25H29BrFNO2/c1-29-23-7-6-21(26)20(25(23)30-14-17-4-2-3-5-22(17)27)13-28-24-18-9-15-8-16(11-18)12-19(24)10-15/h2-7,15-16,18-19,24,28H,8-14H2,1H3. The van der Waals surface area contributed by atoms with Gasteiger partial charge in [0.1, 0.15) is 12.4 Å². The first-order valence-corrected chi connectivity index (χ1v) is 11.9. The van der Waals surface area contributed by atoms with E-state index in [-0.39, 0.29) is 12.4 Å². The van der Waals surface area contributed by atoms with E-state index in [0.29, 0.717) is 23.1 Å². The van der Waals surface area contributed by atoms with Crippen LogP contribution < -0.4 is 14.8 Å². The second kappa shape index (κ2) is 8.51. The van der Waals surface area contributed by atoms with Crippen LogP contribution in [0.5, 0.6) is 11.5 Å². The highest BCUT2D eigenvalue weighted by Crippen LogP contribution is 2.53. The normalized spacial score (nSPS) is 29.2. The maximum Gasteiger partial charge on any atom is 0.167 e. The molecule has 0 heterocycles. The van der Waals surface area contributed by atoms with Crippen molar-refractivity contribution < 1.29 is 13.9 Å². The zero-order valence-electron chi connectivity index (χ0n) is 17.4. The van der Waals surface area contributed by atoms with Crippen molar-refractivity contribution >= 4 is 15.9 Å². The molecule has 1 N–H and O–H groups in total. The molecule has 4 aliphatic rings. The Morgan fingerprint density at radius 3 is 2.37 bits per heavy atom. The molecule has 4 saturated carbocycles. The van der Waals surface area contributed by atoms with Crippen molar-refractivity contribution in [2.24, 2.45) is 23.7 Å². The summed E-state index contributed by atoms with van der Waals surface area (Å²) in [6.45, 7) is 0.891. The van der Waals surface area contributed by atoms with Gasteiger partial charge in [0.2, 0.25) is 0 Å². The van der Waals surface area contributed by atoms with Gasteiger partial charge in [0, 0.05) is 28.2 Å². The third-order valence-corrected chi connectivity index (χ3v) is 8.20. The number of hydrogen-bond acceptors (Lipinski definition) is 3. The van der Waals surface area contributed by atoms with E-state index >= 15 is 0 Å². The van der Waals surface area contributed by atoms with Gasteiger partial charge >= 0.3 is 0 Å². The van der Waals surface area contributed by atoms with Crippen molar-refractivity contribution in [3.05, 3.63) is 57.8 Å². The summed E-state index contributed by atoms with van der Waals surface area (Å²) in [7, 11) is 1.65. The monoisotopic (exact) mass is 473 g/mol. The maximum absolute atomic E-state index is 14.1. The summed E-state index contributed by atoms with van der Waals surface area (Å²) in [6, 6.07) is 11.2. The van der Waals surface area contributed by atoms with E-state index < -0.39 is 0 Å². The molecule has 160 valence electrons. The summed E-state index contributed by atoms with van der Waals surface area (Å²) in [6.07, 6.45) is 7.03. The summed E-state index contributed by atoms with van der Waals surface area (Å²) >= 11 is 3.70. The molecule has 0 unspecified atom stereocenters. The third-order valence-electron chi connectivity index (χ3n) is 7.46. The fourth-order valence-electron chi connectivity index (χ4n) is 6.31. The van der Waals surface area contributed by atoms with Gasteiger partial charge in [0.15, 0.2) is 11.5 Å². The fraction of sp³-hybridized carbons (Fsp3) is 0.520. The summed E-state index contributed by atoms with van der Waals surface area (Å²) in [5, 5.41) is 3.88. The van der Waals surface area contributed by atoms with Crippen LogP contribution in [0, 0.1) is 29.5 Å². The van der Waals surface area contributed by atoms with Crippen molar-refractivity contribution in [1.29, 1.82) is 0 Å². The predicted molar refractivity (Wildman–Crippen MR) is 119 cm³/mol. The first kappa shape index (κ1) is 20.3. The molecule has 6 rings (SSSR count). The number of hydrogen-bond donors (Lipinski definition) is 1. The van der Waals surface area contributed by atoms with Crippen molar-refractivity contribution in [2.45, 2.75) is 51.3 Å². The highest BCUT2D eigenvalue weighted by atomic mass is 79.9. The fourth-order valence-corrected chi connectivity index (χ4v) is 6.76. The topological polar surface area (TPSA) is 30.5 Å². The average Bonchev–Trinajstić information content (AvgIpc) is 2.73. The largest absolute Gasteiger partial charge is 0.493 e. The van der Waals surface area contributed by atoms with Gasteiger partial charge < -0.3 is 14.8 Å². The number of rotatable bonds is 7. The zero-order chi connectivity index (χ0) is 20.7. The van der Waals surface area contributed by atoms with E-state index in [9.17, 15) is 4.39 Å². The van der Waals surface area contributed by atoms with Gasteiger partial charge in [-0.1, -0.05) is 34.1 Å². The van der Waals surface area contributed by atoms with Gasteiger partial charge in [0.05, 0.1) is 7.11 Å². The minimum atomic E-state index is -0.250. The molecule has 30 heavy (non-hydrogen) atoms. The molecule has 4 aliphatic carbocycles. The molecular weight excluding hydrogens is 445 g/mol. The molecule has 0 aliphatic heterocycles. The molecule has 2 aromatic rings. The van der Waals surface area contributed by atoms with Crippen molar-refractivity contribution in [1.82, 2.24) is 5.32 Å². The van der Waals surface area contributed by atoms with E-state index in [4.69, 9.17) is 9.47 Å². The Labute approximate surface area is 186 Å². The van der Waals surface area contributed by atoms with Gasteiger partial charge in [-0.3, -0.25) is 0 Å². The Hall–Kier alpha value is -1.59. The van der Waals surface area contributed by atoms with Gasteiger partial charge in [-0.15, -0.1) is 0 Å². The second-order valence-corrected chi connectivity index (χ2v) is 10.1. The molecule has 0 radical (unpaired) electrons. The third kappa shape index (κ3) is 3.87. The summed E-state index contributed by atoms with van der Waals surface area (Å²) in [4.78, 5) is 0. The first-order valence-electron chi connectivity index (χ1n) is 11.1. The number of nitrogens with one attached hydrogen (secondary N) is 1. The lowest BCUT2D eigenvalue weighted by atomic mass is 9.54. The molecule has 0 spiro atoms. The van der Waals surface area contributed by atoms with Gasteiger partial charge in [-0.25, -0.2) is 4.39 Å². The SMILES string of the molecule is COc1ccc(Br)c(CNC2C3CC4CC(C3)CC2C4)c1OCc1ccccc1F. The number of methoxy groups -OCH3 is 1. The Bertz CT molecular complexity index is 890. The summed E-state index contributed by atoms with van der Waals surface area (Å²) < 4.78 is 26.8. The molecule has 3 nitrogen and oxygen atoms in total. The molecule has 4 fully saturated rings. The van der Waals surface area contributed by atoms with Crippen LogP contribution in [0.4, 0.5) is 4.39 Å². The van der Waals surface area contributed by atoms with Crippen LogP contribution in [0.2, 0.25) is 0 Å². The first-order chi connectivity index (χ1) is 14.6. The van der Waals surface area contributed by atoms with Crippen LogP contribution in [0.25, 0.3) is 0 Å². The Balaban J connectivity index is 1.34. The average molecular weight is 474 g/mol. The van der Waals surface area contributed by atoms with Gasteiger partial charge in [-0.2, -0.15) is 0 Å². The van der Waals surface area contributed by atoms with E-state index in [1.165, 1.54) is 38.2 Å². The predicted octanol–water partition coefficient (Wildman–Crippen LogP) is 6.09. The maximum atomic E-state index is 14.1. The lowest BCUT2D eigenvalue weighted by Gasteiger charge is -2.54. The minimum Gasteiger partial charge on any atom is -0.493 e. The van der Waals surface area contributed by atoms with Crippen LogP contribution >= 0.6 is 15.9 Å². The quantitative estimate of drug-likeness (QED) is 0.527. The Kier molecular flexibility index (Phi) is 5.76. The molecular formula is C25H29BrFNO2. The lowest BCUT2D eigenvalue weighted by Crippen LogP contribution is -2.54. The molecule has 0 amide bonds. The van der Waals surface area contributed by atoms with E-state index in [0.717, 1.165) is 40.3 Å². The minimum absolute atomic E-state index is 0.171. The molecule has 4 bridgehead atoms. The molecule has 2 aromatic carbocycles. The number of halogens is 2. The molecule has 0 saturated heterocycles. The summed E-state index contributed by atoms with van der Waals surface area (Å²) in [5.74, 6) is 4.67. The van der Waals surface area contributed by atoms with Gasteiger partial charge in [0.25, 0.3) is 0 Å². The van der Waals surface area contributed by atoms with Crippen LogP contribution in [-0.4, -0.2) is 13.2 Å². The Morgan fingerprint density at radius 1 is 1.00 bits per heavy atom. The van der Waals surface area contributed by atoms with Crippen molar-refractivity contribution in [3.63, 3.8) is 0 Å². The molecule has 0 atom stereocenters. The second-order valence-electron chi connectivity index (χ2n) is 9.27. The van der Waals surface area contributed by atoms with Crippen LogP contribution in [0.3, 0.4) is 0 Å². The van der Waals surface area contributed by atoms with E-state index in [1.807, 2.05) is 18.2 Å². The molecule has 0 aromatic heterocycles. The van der Waals surface area contributed by atoms with Crippen molar-refractivity contribution in [2.75, 3.05) is 7.11 Å². The van der Waals surface area contributed by atoms with Crippen LogP contribution in [-0.2, 0) is 13.2 Å².